The number of aromatic nitrogens is 6. The summed E-state index contributed by atoms with van der Waals surface area (Å²) in [4.78, 5) is 12.5. The number of nitrogens with zero attached hydrogens (tertiary/aromatic N) is 6. The highest BCUT2D eigenvalue weighted by atomic mass is 16.1. The first kappa shape index (κ1) is 16.8. The Labute approximate surface area is 145 Å². The molecular weight excluding hydrogens is 318 g/mol. The highest BCUT2D eigenvalue weighted by molar-refractivity contribution is 5.94. The van der Waals surface area contributed by atoms with E-state index < -0.39 is 0 Å². The lowest BCUT2D eigenvalue weighted by atomic mass is 10.2. The van der Waals surface area contributed by atoms with Crippen molar-refractivity contribution >= 4 is 5.91 Å². The van der Waals surface area contributed by atoms with Gasteiger partial charge in [0.1, 0.15) is 0 Å². The molecule has 3 rings (SSSR count). The first-order chi connectivity index (χ1) is 12.0. The average Bonchev–Trinajstić information content (AvgIpc) is 3.17. The maximum atomic E-state index is 12.5. The van der Waals surface area contributed by atoms with Crippen LogP contribution in [0.3, 0.4) is 0 Å². The van der Waals surface area contributed by atoms with Gasteiger partial charge in [0, 0.05) is 17.8 Å². The average molecular weight is 339 g/mol. The van der Waals surface area contributed by atoms with Crippen LogP contribution in [0.15, 0.2) is 30.3 Å². The van der Waals surface area contributed by atoms with Gasteiger partial charge in [0.15, 0.2) is 5.82 Å². The van der Waals surface area contributed by atoms with Gasteiger partial charge in [-0.25, -0.2) is 0 Å². The summed E-state index contributed by atoms with van der Waals surface area (Å²) in [7, 11) is 0. The van der Waals surface area contributed by atoms with E-state index in [2.05, 4.69) is 25.9 Å². The molecule has 2 heterocycles. The van der Waals surface area contributed by atoms with Gasteiger partial charge in [0.05, 0.1) is 17.4 Å². The van der Waals surface area contributed by atoms with Crippen LogP contribution in [0.1, 0.15) is 40.5 Å². The quantitative estimate of drug-likeness (QED) is 0.765. The lowest BCUT2D eigenvalue weighted by Crippen LogP contribution is -2.30. The fourth-order valence-corrected chi connectivity index (χ4v) is 2.77. The summed E-state index contributed by atoms with van der Waals surface area (Å²) in [6.45, 7) is 8.30. The Bertz CT molecular complexity index is 896. The Kier molecular flexibility index (Phi) is 4.60. The van der Waals surface area contributed by atoms with Crippen molar-refractivity contribution in [2.24, 2.45) is 0 Å². The summed E-state index contributed by atoms with van der Waals surface area (Å²) >= 11 is 0. The van der Waals surface area contributed by atoms with E-state index in [0.717, 1.165) is 17.1 Å². The maximum Gasteiger partial charge on any atom is 0.251 e. The minimum Gasteiger partial charge on any atom is -0.350 e. The van der Waals surface area contributed by atoms with E-state index in [4.69, 9.17) is 0 Å². The molecule has 1 N–H and O–H groups in total. The maximum absolute atomic E-state index is 12.5. The zero-order valence-electron chi connectivity index (χ0n) is 14.8. The lowest BCUT2D eigenvalue weighted by molar-refractivity contribution is 0.0947. The molecule has 0 aliphatic rings. The SMILES string of the molecule is Cc1cc(C)n([C@H](C)CNC(=O)c2cccc(-n3nnnc3C)c2)n1. The van der Waals surface area contributed by atoms with Gasteiger partial charge in [0.25, 0.3) is 5.91 Å². The van der Waals surface area contributed by atoms with Crippen molar-refractivity contribution in [1.29, 1.82) is 0 Å². The molecule has 0 aliphatic carbocycles. The Balaban J connectivity index is 1.69. The summed E-state index contributed by atoms with van der Waals surface area (Å²) < 4.78 is 3.52. The molecule has 0 bridgehead atoms. The van der Waals surface area contributed by atoms with Gasteiger partial charge in [-0.1, -0.05) is 6.07 Å². The molecule has 8 nitrogen and oxygen atoms in total. The van der Waals surface area contributed by atoms with Crippen molar-refractivity contribution < 1.29 is 4.79 Å². The van der Waals surface area contributed by atoms with Crippen LogP contribution in [0, 0.1) is 20.8 Å². The minimum atomic E-state index is -0.138. The number of carbonyl (C=O) groups excluding carboxylic acids is 1. The number of tetrazole rings is 1. The van der Waals surface area contributed by atoms with Crippen LogP contribution in [0.4, 0.5) is 0 Å². The van der Waals surface area contributed by atoms with E-state index in [1.165, 1.54) is 0 Å². The first-order valence-corrected chi connectivity index (χ1v) is 8.12. The molecule has 0 saturated carbocycles. The molecule has 130 valence electrons. The lowest BCUT2D eigenvalue weighted by Gasteiger charge is -2.15. The third-order valence-electron chi connectivity index (χ3n) is 4.00. The number of aryl methyl sites for hydroxylation is 3. The second-order valence-electron chi connectivity index (χ2n) is 6.12. The molecule has 0 saturated heterocycles. The van der Waals surface area contributed by atoms with E-state index in [-0.39, 0.29) is 11.9 Å². The van der Waals surface area contributed by atoms with Crippen LogP contribution < -0.4 is 5.32 Å². The van der Waals surface area contributed by atoms with Crippen LogP contribution >= 0.6 is 0 Å². The minimum absolute atomic E-state index is 0.0718. The van der Waals surface area contributed by atoms with E-state index in [0.29, 0.717) is 17.9 Å². The Hall–Kier alpha value is -3.03. The zero-order chi connectivity index (χ0) is 18.0. The van der Waals surface area contributed by atoms with Gasteiger partial charge in [0.2, 0.25) is 0 Å². The number of benzene rings is 1. The summed E-state index contributed by atoms with van der Waals surface area (Å²) in [5.41, 5.74) is 3.37. The molecule has 2 aromatic heterocycles. The molecule has 0 radical (unpaired) electrons. The van der Waals surface area contributed by atoms with Crippen molar-refractivity contribution in [3.05, 3.63) is 53.1 Å². The number of nitrogens with one attached hydrogen (secondary N) is 1. The van der Waals surface area contributed by atoms with Crippen LogP contribution in [0.2, 0.25) is 0 Å². The van der Waals surface area contributed by atoms with Gasteiger partial charge in [-0.15, -0.1) is 5.10 Å². The fraction of sp³-hybridized carbons (Fsp3) is 0.353. The Morgan fingerprint density at radius 2 is 2.04 bits per heavy atom. The highest BCUT2D eigenvalue weighted by Crippen LogP contribution is 2.12. The zero-order valence-corrected chi connectivity index (χ0v) is 14.8. The molecule has 8 heteroatoms. The monoisotopic (exact) mass is 339 g/mol. The van der Waals surface area contributed by atoms with Crippen LogP contribution in [-0.2, 0) is 0 Å². The molecule has 0 spiro atoms. The van der Waals surface area contributed by atoms with E-state index in [9.17, 15) is 4.79 Å². The van der Waals surface area contributed by atoms with Gasteiger partial charge >= 0.3 is 0 Å². The van der Waals surface area contributed by atoms with Crippen molar-refractivity contribution in [2.75, 3.05) is 6.54 Å². The predicted octanol–water partition coefficient (Wildman–Crippen LogP) is 1.78. The topological polar surface area (TPSA) is 90.5 Å². The first-order valence-electron chi connectivity index (χ1n) is 8.12. The third-order valence-corrected chi connectivity index (χ3v) is 4.00. The Morgan fingerprint density at radius 1 is 1.24 bits per heavy atom. The highest BCUT2D eigenvalue weighted by Gasteiger charge is 2.13. The van der Waals surface area contributed by atoms with Gasteiger partial charge in [-0.05, 0) is 62.4 Å². The standard InChI is InChI=1S/C17H21N7O/c1-11-8-12(2)23(20-11)13(3)10-18-17(25)15-6-5-7-16(9-15)24-14(4)19-21-22-24/h5-9,13H,10H2,1-4H3,(H,18,25)/t13-/m1/s1. The van der Waals surface area contributed by atoms with Gasteiger partial charge in [-0.3, -0.25) is 9.48 Å². The molecule has 0 fully saturated rings. The van der Waals surface area contributed by atoms with E-state index >= 15 is 0 Å². The number of amides is 1. The van der Waals surface area contributed by atoms with E-state index in [1.807, 2.05) is 50.6 Å². The summed E-state index contributed by atoms with van der Waals surface area (Å²) in [5.74, 6) is 0.525. The van der Waals surface area contributed by atoms with Crippen LogP contribution in [0.5, 0.6) is 0 Å². The van der Waals surface area contributed by atoms with Crippen LogP contribution in [-0.4, -0.2) is 42.4 Å². The molecular formula is C17H21N7O. The number of hydrogen-bond acceptors (Lipinski definition) is 5. The third kappa shape index (κ3) is 3.57. The fourth-order valence-electron chi connectivity index (χ4n) is 2.77. The number of rotatable bonds is 5. The van der Waals surface area contributed by atoms with Crippen LogP contribution in [0.25, 0.3) is 5.69 Å². The summed E-state index contributed by atoms with van der Waals surface area (Å²) in [6.07, 6.45) is 0. The molecule has 3 aromatic rings. The van der Waals surface area contributed by atoms with Crippen molar-refractivity contribution in [1.82, 2.24) is 35.3 Å². The molecule has 1 amide bonds. The number of carbonyl (C=O) groups is 1. The summed E-state index contributed by atoms with van der Waals surface area (Å²) in [6, 6.07) is 9.31. The Morgan fingerprint density at radius 3 is 2.68 bits per heavy atom. The molecule has 25 heavy (non-hydrogen) atoms. The smallest absolute Gasteiger partial charge is 0.251 e. The molecule has 1 aromatic carbocycles. The van der Waals surface area contributed by atoms with Gasteiger partial charge < -0.3 is 5.32 Å². The normalized spacial score (nSPS) is 12.2. The summed E-state index contributed by atoms with van der Waals surface area (Å²) in [5, 5.41) is 18.8. The second-order valence-corrected chi connectivity index (χ2v) is 6.12. The van der Waals surface area contributed by atoms with Crippen molar-refractivity contribution in [3.63, 3.8) is 0 Å². The predicted molar refractivity (Wildman–Crippen MR) is 92.6 cm³/mol. The van der Waals surface area contributed by atoms with E-state index in [1.54, 1.807) is 16.8 Å². The second kappa shape index (κ2) is 6.84. The largest absolute Gasteiger partial charge is 0.350 e. The number of hydrogen-bond donors (Lipinski definition) is 1. The van der Waals surface area contributed by atoms with Crippen molar-refractivity contribution in [2.45, 2.75) is 33.7 Å². The molecule has 0 unspecified atom stereocenters. The van der Waals surface area contributed by atoms with Gasteiger partial charge in [-0.2, -0.15) is 9.78 Å². The van der Waals surface area contributed by atoms with Crippen molar-refractivity contribution in [3.8, 4) is 5.69 Å². The molecule has 0 aliphatic heterocycles. The molecule has 1 atom stereocenters.